The van der Waals surface area contributed by atoms with Crippen LogP contribution in [0.2, 0.25) is 5.02 Å². The van der Waals surface area contributed by atoms with Gasteiger partial charge in [-0.25, -0.2) is 4.79 Å². The molecule has 0 amide bonds. The Morgan fingerprint density at radius 3 is 2.58 bits per heavy atom. The number of carbonyl (C=O) groups is 1. The Balaban J connectivity index is 1.91. The number of halogens is 3. The van der Waals surface area contributed by atoms with Crippen molar-refractivity contribution in [1.82, 2.24) is 0 Å². The Kier molecular flexibility index (Phi) is 5.37. The molecule has 1 heterocycles. The highest BCUT2D eigenvalue weighted by atomic mass is 79.9. The molecule has 126 valence electrons. The number of esters is 1. The van der Waals surface area contributed by atoms with Crippen molar-refractivity contribution in [3.63, 3.8) is 0 Å². The molecule has 1 aliphatic rings. The van der Waals surface area contributed by atoms with Crippen LogP contribution in [0.3, 0.4) is 0 Å². The molecule has 24 heavy (non-hydrogen) atoms. The number of ether oxygens (including phenoxy) is 3. The first-order valence-corrected chi connectivity index (χ1v) is 9.24. The highest BCUT2D eigenvalue weighted by Crippen LogP contribution is 2.42. The molecule has 0 bridgehead atoms. The average Bonchev–Trinajstić information content (AvgIpc) is 2.99. The summed E-state index contributed by atoms with van der Waals surface area (Å²) in [6.07, 6.45) is -0.530. The van der Waals surface area contributed by atoms with Crippen LogP contribution in [0.1, 0.15) is 28.9 Å². The van der Waals surface area contributed by atoms with Gasteiger partial charge in [-0.05, 0) is 31.2 Å². The summed E-state index contributed by atoms with van der Waals surface area (Å²) < 4.78 is 17.2. The average molecular weight is 477 g/mol. The number of carbonyl (C=O) groups excluding carboxylic acids is 1. The minimum absolute atomic E-state index is 0.124. The van der Waals surface area contributed by atoms with Crippen LogP contribution < -0.4 is 9.47 Å². The van der Waals surface area contributed by atoms with Crippen LogP contribution in [0.15, 0.2) is 40.9 Å². The molecule has 0 radical (unpaired) electrons. The van der Waals surface area contributed by atoms with Gasteiger partial charge in [0.2, 0.25) is 6.79 Å². The number of hydrogen-bond donors (Lipinski definition) is 0. The Labute approximate surface area is 161 Å². The van der Waals surface area contributed by atoms with Crippen molar-refractivity contribution in [2.75, 3.05) is 6.79 Å². The van der Waals surface area contributed by atoms with Crippen LogP contribution in [0.25, 0.3) is 0 Å². The zero-order valence-electron chi connectivity index (χ0n) is 12.6. The lowest BCUT2D eigenvalue weighted by molar-refractivity contribution is 0.0302. The largest absolute Gasteiger partial charge is 0.454 e. The zero-order valence-corrected chi connectivity index (χ0v) is 16.5. The van der Waals surface area contributed by atoms with Crippen molar-refractivity contribution in [3.8, 4) is 11.5 Å². The van der Waals surface area contributed by atoms with Gasteiger partial charge in [-0.15, -0.1) is 0 Å². The predicted molar refractivity (Wildman–Crippen MR) is 98.3 cm³/mol. The van der Waals surface area contributed by atoms with Crippen LogP contribution in [0, 0.1) is 0 Å². The van der Waals surface area contributed by atoms with Gasteiger partial charge in [0.15, 0.2) is 11.5 Å². The lowest BCUT2D eigenvalue weighted by atomic mass is 10.1. The van der Waals surface area contributed by atoms with Gasteiger partial charge in [-0.2, -0.15) is 0 Å². The van der Waals surface area contributed by atoms with Gasteiger partial charge in [-0.3, -0.25) is 0 Å². The van der Waals surface area contributed by atoms with Gasteiger partial charge in [0.05, 0.1) is 15.4 Å². The van der Waals surface area contributed by atoms with Crippen molar-refractivity contribution in [3.05, 3.63) is 57.0 Å². The van der Waals surface area contributed by atoms with Crippen molar-refractivity contribution < 1.29 is 19.0 Å². The van der Waals surface area contributed by atoms with E-state index in [2.05, 4.69) is 31.9 Å². The Bertz CT molecular complexity index is 779. The summed E-state index contributed by atoms with van der Waals surface area (Å²) in [5.41, 5.74) is 1.11. The lowest BCUT2D eigenvalue weighted by Gasteiger charge is -2.22. The maximum atomic E-state index is 12.5. The summed E-state index contributed by atoms with van der Waals surface area (Å²) in [6, 6.07) is 10.4. The van der Waals surface area contributed by atoms with Gasteiger partial charge in [-0.1, -0.05) is 55.6 Å². The molecule has 0 unspecified atom stereocenters. The molecule has 4 nitrogen and oxygen atoms in total. The summed E-state index contributed by atoms with van der Waals surface area (Å²) in [7, 11) is 0. The van der Waals surface area contributed by atoms with Crippen LogP contribution in [-0.4, -0.2) is 17.6 Å². The second-order valence-corrected chi connectivity index (χ2v) is 7.92. The summed E-state index contributed by atoms with van der Waals surface area (Å²) in [6.45, 7) is 2.08. The van der Waals surface area contributed by atoms with Crippen molar-refractivity contribution in [1.29, 1.82) is 0 Å². The van der Waals surface area contributed by atoms with E-state index in [-0.39, 0.29) is 11.6 Å². The standard InChI is InChI=1S/C17H13Br2ClO4/c1-9(18)16(24-17(21)10-4-2-3-5-13(10)20)11-6-14-15(7-12(11)19)23-8-22-14/h2-7,9,16H,8H2,1H3/t9-,16+/m0/s1. The summed E-state index contributed by atoms with van der Waals surface area (Å²) in [4.78, 5) is 12.4. The molecule has 0 saturated carbocycles. The van der Waals surface area contributed by atoms with Crippen LogP contribution >= 0.6 is 43.5 Å². The van der Waals surface area contributed by atoms with Crippen molar-refractivity contribution in [2.45, 2.75) is 17.9 Å². The van der Waals surface area contributed by atoms with Crippen molar-refractivity contribution in [2.24, 2.45) is 0 Å². The molecular weight excluding hydrogens is 463 g/mol. The molecule has 0 aromatic heterocycles. The Morgan fingerprint density at radius 1 is 1.25 bits per heavy atom. The quantitative estimate of drug-likeness (QED) is 0.431. The Morgan fingerprint density at radius 2 is 1.92 bits per heavy atom. The predicted octanol–water partition coefficient (Wildman–Crippen LogP) is 5.51. The van der Waals surface area contributed by atoms with Gasteiger partial charge in [0.25, 0.3) is 0 Å². The fraction of sp³-hybridized carbons (Fsp3) is 0.235. The van der Waals surface area contributed by atoms with Crippen LogP contribution in [0.5, 0.6) is 11.5 Å². The van der Waals surface area contributed by atoms with E-state index in [1.54, 1.807) is 24.3 Å². The Hall–Kier alpha value is -1.24. The molecule has 0 saturated heterocycles. The highest BCUT2D eigenvalue weighted by molar-refractivity contribution is 9.10. The van der Waals surface area contributed by atoms with E-state index in [0.29, 0.717) is 22.1 Å². The molecule has 3 rings (SSSR count). The van der Waals surface area contributed by atoms with Gasteiger partial charge >= 0.3 is 5.97 Å². The van der Waals surface area contributed by atoms with Crippen LogP contribution in [0.4, 0.5) is 0 Å². The minimum atomic E-state index is -0.530. The second kappa shape index (κ2) is 7.33. The summed E-state index contributed by atoms with van der Waals surface area (Å²) in [5, 5.41) is 0.355. The molecular formula is C17H13Br2ClO4. The number of benzene rings is 2. The molecule has 2 aromatic rings. The monoisotopic (exact) mass is 474 g/mol. The maximum Gasteiger partial charge on any atom is 0.340 e. The minimum Gasteiger partial charge on any atom is -0.454 e. The molecule has 2 aromatic carbocycles. The zero-order chi connectivity index (χ0) is 17.3. The molecule has 0 aliphatic carbocycles. The van der Waals surface area contributed by atoms with Gasteiger partial charge in [0.1, 0.15) is 6.10 Å². The number of rotatable bonds is 4. The molecule has 1 aliphatic heterocycles. The van der Waals surface area contributed by atoms with E-state index in [4.69, 9.17) is 25.8 Å². The maximum absolute atomic E-state index is 12.5. The van der Waals surface area contributed by atoms with Crippen LogP contribution in [-0.2, 0) is 4.74 Å². The number of fused-ring (bicyclic) bond motifs is 1. The molecule has 2 atom stereocenters. The third kappa shape index (κ3) is 3.55. The van der Waals surface area contributed by atoms with E-state index in [1.807, 2.05) is 19.1 Å². The van der Waals surface area contributed by atoms with Crippen molar-refractivity contribution >= 4 is 49.4 Å². The van der Waals surface area contributed by atoms with E-state index < -0.39 is 12.1 Å². The van der Waals surface area contributed by atoms with E-state index in [0.717, 1.165) is 10.0 Å². The molecule has 0 spiro atoms. The third-order valence-corrected chi connectivity index (χ3v) is 5.04. The summed E-state index contributed by atoms with van der Waals surface area (Å²) >= 11 is 13.1. The second-order valence-electron chi connectivity index (χ2n) is 5.21. The molecule has 0 N–H and O–H groups in total. The molecule has 0 fully saturated rings. The normalized spacial score (nSPS) is 15.0. The SMILES string of the molecule is C[C@H](Br)[C@@H](OC(=O)c1ccccc1Cl)c1cc2c(cc1Br)OCO2. The number of alkyl halides is 1. The molecule has 7 heteroatoms. The smallest absolute Gasteiger partial charge is 0.340 e. The summed E-state index contributed by atoms with van der Waals surface area (Å²) in [5.74, 6) is 0.797. The van der Waals surface area contributed by atoms with Gasteiger partial charge < -0.3 is 14.2 Å². The first-order chi connectivity index (χ1) is 11.5. The lowest BCUT2D eigenvalue weighted by Crippen LogP contribution is -2.18. The van der Waals surface area contributed by atoms with Gasteiger partial charge in [0, 0.05) is 10.0 Å². The topological polar surface area (TPSA) is 44.8 Å². The third-order valence-electron chi connectivity index (χ3n) is 3.54. The van der Waals surface area contributed by atoms with E-state index in [1.165, 1.54) is 0 Å². The first-order valence-electron chi connectivity index (χ1n) is 7.16. The van der Waals surface area contributed by atoms with E-state index >= 15 is 0 Å². The first kappa shape index (κ1) is 17.6. The number of hydrogen-bond acceptors (Lipinski definition) is 4. The fourth-order valence-corrected chi connectivity index (χ4v) is 3.51. The fourth-order valence-electron chi connectivity index (χ4n) is 2.36. The highest BCUT2D eigenvalue weighted by Gasteiger charge is 2.28. The van der Waals surface area contributed by atoms with E-state index in [9.17, 15) is 4.79 Å².